The van der Waals surface area contributed by atoms with Crippen LogP contribution >= 0.6 is 0 Å². The summed E-state index contributed by atoms with van der Waals surface area (Å²) >= 11 is 0. The molecule has 0 aliphatic carbocycles. The maximum Gasteiger partial charge on any atom is 0.417 e. The number of amides is 1. The zero-order chi connectivity index (χ0) is 19.4. The minimum Gasteiger partial charge on any atom is -0.347 e. The molecule has 0 aliphatic rings. The van der Waals surface area contributed by atoms with Crippen molar-refractivity contribution in [2.24, 2.45) is 0 Å². The summed E-state index contributed by atoms with van der Waals surface area (Å²) in [6.45, 7) is 0.229. The monoisotopic (exact) mass is 370 g/mol. The largest absolute Gasteiger partial charge is 0.417 e. The molecule has 5 nitrogen and oxygen atoms in total. The summed E-state index contributed by atoms with van der Waals surface area (Å²) in [5.74, 6) is -0.615. The van der Waals surface area contributed by atoms with Gasteiger partial charge in [0.15, 0.2) is 0 Å². The second kappa shape index (κ2) is 7.33. The maximum absolute atomic E-state index is 12.9. The van der Waals surface area contributed by atoms with Gasteiger partial charge in [-0.25, -0.2) is 4.98 Å². The molecular weight excluding hydrogens is 357 g/mol. The Hall–Kier alpha value is -3.60. The highest BCUT2D eigenvalue weighted by atomic mass is 19.4. The van der Waals surface area contributed by atoms with Gasteiger partial charge < -0.3 is 10.3 Å². The first-order valence-electron chi connectivity index (χ1n) is 7.86. The van der Waals surface area contributed by atoms with E-state index in [-0.39, 0.29) is 28.7 Å². The molecule has 2 heterocycles. The van der Waals surface area contributed by atoms with Crippen LogP contribution in [0.5, 0.6) is 0 Å². The number of pyridine rings is 1. The summed E-state index contributed by atoms with van der Waals surface area (Å²) in [7, 11) is 0. The Morgan fingerprint density at radius 3 is 2.70 bits per heavy atom. The summed E-state index contributed by atoms with van der Waals surface area (Å²) < 4.78 is 38.7. The number of rotatable bonds is 4. The van der Waals surface area contributed by atoms with Crippen LogP contribution in [0, 0.1) is 11.3 Å². The summed E-state index contributed by atoms with van der Waals surface area (Å²) in [6.07, 6.45) is -1.17. The van der Waals surface area contributed by atoms with Gasteiger partial charge >= 0.3 is 6.18 Å². The lowest BCUT2D eigenvalue weighted by atomic mass is 10.1. The van der Waals surface area contributed by atoms with Gasteiger partial charge in [-0.15, -0.1) is 0 Å². The van der Waals surface area contributed by atoms with Crippen molar-refractivity contribution in [1.82, 2.24) is 15.3 Å². The predicted octanol–water partition coefficient (Wildman–Crippen LogP) is 3.81. The van der Waals surface area contributed by atoms with Crippen LogP contribution in [0.3, 0.4) is 0 Å². The van der Waals surface area contributed by atoms with Crippen LogP contribution in [-0.4, -0.2) is 15.9 Å². The van der Waals surface area contributed by atoms with Crippen molar-refractivity contribution in [1.29, 1.82) is 5.26 Å². The molecule has 1 aromatic carbocycles. The molecule has 0 spiro atoms. The van der Waals surface area contributed by atoms with Crippen molar-refractivity contribution in [2.75, 3.05) is 0 Å². The van der Waals surface area contributed by atoms with Gasteiger partial charge in [-0.3, -0.25) is 4.79 Å². The van der Waals surface area contributed by atoms with Gasteiger partial charge in [0, 0.05) is 29.9 Å². The maximum atomic E-state index is 12.9. The summed E-state index contributed by atoms with van der Waals surface area (Å²) in [5, 5.41) is 12.0. The van der Waals surface area contributed by atoms with Crippen LogP contribution in [0.4, 0.5) is 13.2 Å². The number of halogens is 3. The fourth-order valence-electron chi connectivity index (χ4n) is 2.48. The van der Waals surface area contributed by atoms with E-state index in [4.69, 9.17) is 0 Å². The van der Waals surface area contributed by atoms with E-state index in [1.165, 1.54) is 12.3 Å². The molecule has 0 unspecified atom stereocenters. The molecule has 0 saturated heterocycles. The number of aromatic amines is 1. The fourth-order valence-corrected chi connectivity index (χ4v) is 2.48. The normalized spacial score (nSPS) is 12.0. The smallest absolute Gasteiger partial charge is 0.347 e. The molecule has 8 heteroatoms. The predicted molar refractivity (Wildman–Crippen MR) is 93.0 cm³/mol. The standard InChI is InChI=1S/C19H13F3N4O/c20-19(21,22)15-7-16-14(10-24-17(16)25-11-15)6-13(8-23)18(27)26-9-12-4-2-1-3-5-12/h1-7,10-11H,9H2,(H,24,25)(H,26,27)/b13-6+. The fraction of sp³-hybridized carbons (Fsp3) is 0.105. The van der Waals surface area contributed by atoms with Gasteiger partial charge in [0.1, 0.15) is 17.3 Å². The number of hydrogen-bond donors (Lipinski definition) is 2. The number of carbonyl (C=O) groups excluding carboxylic acids is 1. The molecule has 0 saturated carbocycles. The van der Waals surface area contributed by atoms with E-state index in [0.29, 0.717) is 0 Å². The number of carbonyl (C=O) groups is 1. The Morgan fingerprint density at radius 2 is 2.04 bits per heavy atom. The average Bonchev–Trinajstić information content (AvgIpc) is 3.06. The topological polar surface area (TPSA) is 81.6 Å². The SMILES string of the molecule is N#C/C(=C\c1c[nH]c2ncc(C(F)(F)F)cc12)C(=O)NCc1ccccc1. The van der Waals surface area contributed by atoms with E-state index < -0.39 is 17.6 Å². The Bertz CT molecular complexity index is 1050. The van der Waals surface area contributed by atoms with Crippen LogP contribution in [0.1, 0.15) is 16.7 Å². The highest BCUT2D eigenvalue weighted by Gasteiger charge is 2.31. The molecule has 136 valence electrons. The average molecular weight is 370 g/mol. The lowest BCUT2D eigenvalue weighted by molar-refractivity contribution is -0.137. The highest BCUT2D eigenvalue weighted by molar-refractivity contribution is 6.03. The van der Waals surface area contributed by atoms with Crippen LogP contribution in [-0.2, 0) is 17.5 Å². The minimum absolute atomic E-state index is 0.174. The first kappa shape index (κ1) is 18.2. The number of benzene rings is 1. The van der Waals surface area contributed by atoms with Gasteiger partial charge in [-0.05, 0) is 17.7 Å². The molecule has 0 aliphatic heterocycles. The van der Waals surface area contributed by atoms with Crippen molar-refractivity contribution in [2.45, 2.75) is 12.7 Å². The number of hydrogen-bond acceptors (Lipinski definition) is 3. The van der Waals surface area contributed by atoms with Gasteiger partial charge in [-0.1, -0.05) is 30.3 Å². The van der Waals surface area contributed by atoms with Crippen LogP contribution in [0.2, 0.25) is 0 Å². The van der Waals surface area contributed by atoms with Gasteiger partial charge in [0.25, 0.3) is 5.91 Å². The molecule has 0 radical (unpaired) electrons. The molecule has 3 aromatic rings. The van der Waals surface area contributed by atoms with E-state index >= 15 is 0 Å². The zero-order valence-electron chi connectivity index (χ0n) is 13.8. The number of alkyl halides is 3. The van der Waals surface area contributed by atoms with Crippen molar-refractivity contribution in [3.63, 3.8) is 0 Å². The summed E-state index contributed by atoms with van der Waals surface area (Å²) in [5.41, 5.74) is 0.237. The molecule has 0 bridgehead atoms. The Morgan fingerprint density at radius 1 is 1.30 bits per heavy atom. The van der Waals surface area contributed by atoms with E-state index in [0.717, 1.165) is 17.8 Å². The lowest BCUT2D eigenvalue weighted by Crippen LogP contribution is -2.23. The van der Waals surface area contributed by atoms with Crippen molar-refractivity contribution >= 4 is 23.0 Å². The summed E-state index contributed by atoms with van der Waals surface area (Å²) in [6, 6.07) is 11.8. The minimum atomic E-state index is -4.54. The Kier molecular flexibility index (Phi) is 4.94. The Balaban J connectivity index is 1.87. The second-order valence-corrected chi connectivity index (χ2v) is 5.70. The number of nitrogens with one attached hydrogen (secondary N) is 2. The number of H-pyrrole nitrogens is 1. The third-order valence-corrected chi connectivity index (χ3v) is 3.85. The van der Waals surface area contributed by atoms with Crippen LogP contribution < -0.4 is 5.32 Å². The Labute approximate surface area is 152 Å². The van der Waals surface area contributed by atoms with Crippen molar-refractivity contribution in [3.8, 4) is 6.07 Å². The molecule has 2 aromatic heterocycles. The van der Waals surface area contributed by atoms with Gasteiger partial charge in [-0.2, -0.15) is 18.4 Å². The lowest BCUT2D eigenvalue weighted by Gasteiger charge is -2.06. The number of fused-ring (bicyclic) bond motifs is 1. The molecule has 2 N–H and O–H groups in total. The van der Waals surface area contributed by atoms with Crippen LogP contribution in [0.15, 0.2) is 54.4 Å². The summed E-state index contributed by atoms with van der Waals surface area (Å²) in [4.78, 5) is 18.7. The number of aromatic nitrogens is 2. The van der Waals surface area contributed by atoms with Crippen molar-refractivity contribution in [3.05, 3.63) is 71.1 Å². The van der Waals surface area contributed by atoms with E-state index in [1.807, 2.05) is 30.3 Å². The molecular formula is C19H13F3N4O. The van der Waals surface area contributed by atoms with Gasteiger partial charge in [0.2, 0.25) is 0 Å². The van der Waals surface area contributed by atoms with E-state index in [9.17, 15) is 23.2 Å². The third kappa shape index (κ3) is 4.15. The highest BCUT2D eigenvalue weighted by Crippen LogP contribution is 2.31. The molecule has 1 amide bonds. The first-order chi connectivity index (χ1) is 12.9. The zero-order valence-corrected chi connectivity index (χ0v) is 13.8. The quantitative estimate of drug-likeness (QED) is 0.541. The molecule has 0 atom stereocenters. The molecule has 27 heavy (non-hydrogen) atoms. The van der Waals surface area contributed by atoms with E-state index in [1.54, 1.807) is 6.07 Å². The van der Waals surface area contributed by atoms with Crippen molar-refractivity contribution < 1.29 is 18.0 Å². The number of nitrogens with zero attached hydrogens (tertiary/aromatic N) is 2. The molecule has 0 fully saturated rings. The van der Waals surface area contributed by atoms with E-state index in [2.05, 4.69) is 15.3 Å². The number of nitriles is 1. The first-order valence-corrected chi connectivity index (χ1v) is 7.86. The molecule has 3 rings (SSSR count). The van der Waals surface area contributed by atoms with Crippen LogP contribution in [0.25, 0.3) is 17.1 Å². The third-order valence-electron chi connectivity index (χ3n) is 3.85. The second-order valence-electron chi connectivity index (χ2n) is 5.70. The van der Waals surface area contributed by atoms with Gasteiger partial charge in [0.05, 0.1) is 5.56 Å².